The van der Waals surface area contributed by atoms with Crippen LogP contribution in [0.1, 0.15) is 31.2 Å². The van der Waals surface area contributed by atoms with E-state index in [0.717, 1.165) is 23.3 Å². The van der Waals surface area contributed by atoms with Gasteiger partial charge in [-0.05, 0) is 75.1 Å². The Morgan fingerprint density at radius 1 is 1.07 bits per heavy atom. The molecule has 8 heteroatoms. The smallest absolute Gasteiger partial charge is 0.444 e. The zero-order valence-electron chi connectivity index (χ0n) is 15.9. The fraction of sp³-hybridized carbons (Fsp3) is 0.450. The van der Waals surface area contributed by atoms with Gasteiger partial charge < -0.3 is 14.4 Å². The van der Waals surface area contributed by atoms with Crippen molar-refractivity contribution in [3.63, 3.8) is 0 Å². The lowest BCUT2D eigenvalue weighted by Gasteiger charge is -2.26. The minimum absolute atomic E-state index is 0.234. The number of benzene rings is 1. The standard InChI is InChI=1S/C20H22F3NO3S/c1-19(2,3)27-18(25)24-10-8-14-12-17(28-16(14)9-11-24)13-4-6-15(7-5-13)26-20(21,22)23/h4-7,12H,8-11H2,1-3H3. The highest BCUT2D eigenvalue weighted by Gasteiger charge is 2.31. The van der Waals surface area contributed by atoms with Crippen LogP contribution in [0.15, 0.2) is 30.3 Å². The Kier molecular flexibility index (Phi) is 5.61. The molecule has 0 N–H and O–H groups in total. The van der Waals surface area contributed by atoms with Crippen LogP contribution >= 0.6 is 11.3 Å². The second-order valence-corrected chi connectivity index (χ2v) is 8.74. The maximum Gasteiger partial charge on any atom is 0.573 e. The van der Waals surface area contributed by atoms with Gasteiger partial charge in [0.25, 0.3) is 0 Å². The Morgan fingerprint density at radius 3 is 2.32 bits per heavy atom. The van der Waals surface area contributed by atoms with Crippen molar-refractivity contribution in [1.29, 1.82) is 0 Å². The highest BCUT2D eigenvalue weighted by molar-refractivity contribution is 7.15. The maximum absolute atomic E-state index is 12.3. The SMILES string of the molecule is CC(C)(C)OC(=O)N1CCc2cc(-c3ccc(OC(F)(F)F)cc3)sc2CC1. The Bertz CT molecular complexity index is 812. The summed E-state index contributed by atoms with van der Waals surface area (Å²) in [6.45, 7) is 6.70. The molecule has 0 saturated carbocycles. The Balaban J connectivity index is 1.68. The first-order valence-corrected chi connectivity index (χ1v) is 9.77. The van der Waals surface area contributed by atoms with Crippen LogP contribution in [-0.4, -0.2) is 36.0 Å². The van der Waals surface area contributed by atoms with Crippen molar-refractivity contribution in [2.24, 2.45) is 0 Å². The number of amides is 1. The molecule has 28 heavy (non-hydrogen) atoms. The summed E-state index contributed by atoms with van der Waals surface area (Å²) in [5, 5.41) is 0. The quantitative estimate of drug-likeness (QED) is 0.639. The number of hydrogen-bond acceptors (Lipinski definition) is 4. The maximum atomic E-state index is 12.3. The van der Waals surface area contributed by atoms with Gasteiger partial charge in [-0.3, -0.25) is 0 Å². The average molecular weight is 413 g/mol. The van der Waals surface area contributed by atoms with E-state index in [0.29, 0.717) is 13.1 Å². The van der Waals surface area contributed by atoms with Gasteiger partial charge in [0.1, 0.15) is 11.4 Å². The number of carbonyl (C=O) groups is 1. The van der Waals surface area contributed by atoms with Crippen molar-refractivity contribution < 1.29 is 27.4 Å². The summed E-state index contributed by atoms with van der Waals surface area (Å²) in [5.41, 5.74) is 1.49. The molecule has 1 amide bonds. The predicted octanol–water partition coefficient (Wildman–Crippen LogP) is 5.65. The van der Waals surface area contributed by atoms with Crippen LogP contribution < -0.4 is 4.74 Å². The molecule has 2 heterocycles. The molecule has 0 fully saturated rings. The molecule has 0 aliphatic carbocycles. The Morgan fingerprint density at radius 2 is 1.71 bits per heavy atom. The molecule has 0 saturated heterocycles. The van der Waals surface area contributed by atoms with Crippen LogP contribution in [0.3, 0.4) is 0 Å². The second kappa shape index (κ2) is 7.66. The summed E-state index contributed by atoms with van der Waals surface area (Å²) in [5.74, 6) is -0.234. The van der Waals surface area contributed by atoms with Crippen molar-refractivity contribution in [1.82, 2.24) is 4.90 Å². The molecule has 3 rings (SSSR count). The van der Waals surface area contributed by atoms with E-state index in [1.807, 2.05) is 20.8 Å². The zero-order chi connectivity index (χ0) is 20.5. The van der Waals surface area contributed by atoms with E-state index >= 15 is 0 Å². The summed E-state index contributed by atoms with van der Waals surface area (Å²) in [6, 6.07) is 7.94. The van der Waals surface area contributed by atoms with E-state index in [-0.39, 0.29) is 11.8 Å². The van der Waals surface area contributed by atoms with Crippen molar-refractivity contribution in [2.75, 3.05) is 13.1 Å². The van der Waals surface area contributed by atoms with Crippen LogP contribution in [0, 0.1) is 0 Å². The number of thiophene rings is 1. The third-order valence-corrected chi connectivity index (χ3v) is 5.47. The number of ether oxygens (including phenoxy) is 2. The van der Waals surface area contributed by atoms with Crippen LogP contribution in [-0.2, 0) is 17.6 Å². The number of carbonyl (C=O) groups excluding carboxylic acids is 1. The zero-order valence-corrected chi connectivity index (χ0v) is 16.7. The first-order valence-electron chi connectivity index (χ1n) is 8.96. The third-order valence-electron chi connectivity index (χ3n) is 4.18. The molecule has 1 aromatic carbocycles. The number of rotatable bonds is 2. The number of fused-ring (bicyclic) bond motifs is 1. The molecule has 0 bridgehead atoms. The summed E-state index contributed by atoms with van der Waals surface area (Å²) in [7, 11) is 0. The van der Waals surface area contributed by atoms with Gasteiger partial charge in [0.2, 0.25) is 0 Å². The minimum atomic E-state index is -4.69. The number of hydrogen-bond donors (Lipinski definition) is 0. The Hall–Kier alpha value is -2.22. The molecule has 0 spiro atoms. The van der Waals surface area contributed by atoms with Gasteiger partial charge in [-0.2, -0.15) is 0 Å². The fourth-order valence-electron chi connectivity index (χ4n) is 2.97. The molecular weight excluding hydrogens is 391 g/mol. The number of alkyl halides is 3. The topological polar surface area (TPSA) is 38.8 Å². The van der Waals surface area contributed by atoms with Gasteiger partial charge in [-0.15, -0.1) is 24.5 Å². The van der Waals surface area contributed by atoms with Crippen molar-refractivity contribution >= 4 is 17.4 Å². The van der Waals surface area contributed by atoms with E-state index in [9.17, 15) is 18.0 Å². The summed E-state index contributed by atoms with van der Waals surface area (Å²) in [4.78, 5) is 16.2. The molecule has 0 unspecified atom stereocenters. The third kappa shape index (κ3) is 5.41. The highest BCUT2D eigenvalue weighted by Crippen LogP contribution is 2.35. The molecule has 0 radical (unpaired) electrons. The number of nitrogens with zero attached hydrogens (tertiary/aromatic N) is 1. The molecule has 1 aliphatic rings. The van der Waals surface area contributed by atoms with Gasteiger partial charge in [0.05, 0.1) is 0 Å². The Labute approximate surface area is 165 Å². The first-order chi connectivity index (χ1) is 13.0. The van der Waals surface area contributed by atoms with E-state index in [4.69, 9.17) is 4.74 Å². The van der Waals surface area contributed by atoms with E-state index in [1.54, 1.807) is 28.4 Å². The van der Waals surface area contributed by atoms with Crippen molar-refractivity contribution in [3.05, 3.63) is 40.8 Å². The van der Waals surface area contributed by atoms with Gasteiger partial charge in [-0.25, -0.2) is 4.79 Å². The van der Waals surface area contributed by atoms with Gasteiger partial charge in [0, 0.05) is 22.8 Å². The first kappa shape index (κ1) is 20.5. The van der Waals surface area contributed by atoms with Gasteiger partial charge in [0.15, 0.2) is 0 Å². The van der Waals surface area contributed by atoms with E-state index in [1.165, 1.54) is 22.6 Å². The molecular formula is C20H22F3NO3S. The fourth-order valence-corrected chi connectivity index (χ4v) is 4.17. The minimum Gasteiger partial charge on any atom is -0.444 e. The lowest BCUT2D eigenvalue weighted by Crippen LogP contribution is -2.38. The lowest BCUT2D eigenvalue weighted by atomic mass is 10.1. The van der Waals surface area contributed by atoms with Crippen molar-refractivity contribution in [3.8, 4) is 16.2 Å². The molecule has 1 aliphatic heterocycles. The predicted molar refractivity (Wildman–Crippen MR) is 102 cm³/mol. The van der Waals surface area contributed by atoms with E-state index in [2.05, 4.69) is 10.8 Å². The van der Waals surface area contributed by atoms with Gasteiger partial charge >= 0.3 is 12.5 Å². The summed E-state index contributed by atoms with van der Waals surface area (Å²) < 4.78 is 46.2. The second-order valence-electron chi connectivity index (χ2n) is 7.60. The molecule has 1 aromatic heterocycles. The normalized spacial score (nSPS) is 15.0. The van der Waals surface area contributed by atoms with Gasteiger partial charge in [-0.1, -0.05) is 0 Å². The monoisotopic (exact) mass is 413 g/mol. The molecule has 4 nitrogen and oxygen atoms in total. The van der Waals surface area contributed by atoms with Crippen LogP contribution in [0.5, 0.6) is 5.75 Å². The van der Waals surface area contributed by atoms with Crippen LogP contribution in [0.4, 0.5) is 18.0 Å². The molecule has 0 atom stereocenters. The molecule has 152 valence electrons. The van der Waals surface area contributed by atoms with Crippen molar-refractivity contribution in [2.45, 2.75) is 45.6 Å². The van der Waals surface area contributed by atoms with E-state index < -0.39 is 12.0 Å². The van der Waals surface area contributed by atoms with Crippen LogP contribution in [0.25, 0.3) is 10.4 Å². The average Bonchev–Trinajstić information content (AvgIpc) is 2.85. The molecule has 2 aromatic rings. The largest absolute Gasteiger partial charge is 0.573 e. The van der Waals surface area contributed by atoms with Crippen LogP contribution in [0.2, 0.25) is 0 Å². The highest BCUT2D eigenvalue weighted by atomic mass is 32.1. The summed E-state index contributed by atoms with van der Waals surface area (Å²) in [6.07, 6.45) is -3.54. The summed E-state index contributed by atoms with van der Waals surface area (Å²) >= 11 is 1.61. The lowest BCUT2D eigenvalue weighted by molar-refractivity contribution is -0.274. The number of halogens is 3.